The van der Waals surface area contributed by atoms with Gasteiger partial charge in [-0.15, -0.1) is 0 Å². The normalized spacial score (nSPS) is 15.0. The van der Waals surface area contributed by atoms with E-state index in [2.05, 4.69) is 4.72 Å². The number of piperidine rings is 1. The zero-order valence-electron chi connectivity index (χ0n) is 19.1. The summed E-state index contributed by atoms with van der Waals surface area (Å²) in [6.07, 6.45) is 5.58. The molecule has 0 unspecified atom stereocenters. The topological polar surface area (TPSA) is 86.8 Å². The van der Waals surface area contributed by atoms with Gasteiger partial charge in [0.2, 0.25) is 15.9 Å². The lowest BCUT2D eigenvalue weighted by molar-refractivity contribution is -0.129. The summed E-state index contributed by atoms with van der Waals surface area (Å²) >= 11 is 0. The van der Waals surface area contributed by atoms with Gasteiger partial charge in [0.1, 0.15) is 0 Å². The van der Waals surface area contributed by atoms with Gasteiger partial charge in [-0.2, -0.15) is 0 Å². The lowest BCUT2D eigenvalue weighted by Gasteiger charge is -2.38. The van der Waals surface area contributed by atoms with Crippen molar-refractivity contribution in [3.05, 3.63) is 71.8 Å². The minimum Gasteiger partial charge on any atom is -0.338 e. The zero-order valence-corrected chi connectivity index (χ0v) is 19.9. The Morgan fingerprint density at radius 3 is 2.27 bits per heavy atom. The van der Waals surface area contributed by atoms with Crippen LogP contribution in [0.15, 0.2) is 65.6 Å². The number of likely N-dealkylation sites (tertiary alicyclic amines) is 1. The Bertz CT molecular complexity index is 1070. The van der Waals surface area contributed by atoms with E-state index in [0.29, 0.717) is 25.2 Å². The fourth-order valence-corrected chi connectivity index (χ4v) is 4.73. The molecule has 1 aliphatic rings. The molecule has 8 heteroatoms. The summed E-state index contributed by atoms with van der Waals surface area (Å²) in [5.74, 6) is -0.0392. The molecule has 1 heterocycles. The molecule has 176 valence electrons. The summed E-state index contributed by atoms with van der Waals surface area (Å²) in [7, 11) is -2.12. The average Bonchev–Trinajstić information content (AvgIpc) is 2.86. The molecular weight excluding hydrogens is 438 g/mol. The number of hydrogen-bond acceptors (Lipinski definition) is 4. The molecule has 1 aliphatic heterocycles. The number of carbonyl (C=O) groups is 2. The van der Waals surface area contributed by atoms with E-state index < -0.39 is 10.0 Å². The van der Waals surface area contributed by atoms with Gasteiger partial charge in [-0.1, -0.05) is 37.3 Å². The molecule has 2 aromatic carbocycles. The fourth-order valence-electron chi connectivity index (χ4n) is 4.00. The Morgan fingerprint density at radius 1 is 1.06 bits per heavy atom. The van der Waals surface area contributed by atoms with Gasteiger partial charge in [0, 0.05) is 37.3 Å². The Balaban J connectivity index is 1.62. The van der Waals surface area contributed by atoms with Crippen LogP contribution in [-0.4, -0.2) is 62.8 Å². The van der Waals surface area contributed by atoms with Crippen molar-refractivity contribution in [3.63, 3.8) is 0 Å². The highest BCUT2D eigenvalue weighted by molar-refractivity contribution is 7.89. The third kappa shape index (κ3) is 6.30. The van der Waals surface area contributed by atoms with Crippen molar-refractivity contribution in [2.75, 3.05) is 26.7 Å². The predicted molar refractivity (Wildman–Crippen MR) is 129 cm³/mol. The van der Waals surface area contributed by atoms with Crippen molar-refractivity contribution < 1.29 is 18.0 Å². The van der Waals surface area contributed by atoms with Crippen LogP contribution in [-0.2, 0) is 14.8 Å². The molecule has 3 rings (SSSR count). The summed E-state index contributed by atoms with van der Waals surface area (Å²) in [5, 5.41) is 0. The van der Waals surface area contributed by atoms with E-state index in [0.717, 1.165) is 24.8 Å². The summed E-state index contributed by atoms with van der Waals surface area (Å²) in [5.41, 5.74) is 1.44. The Morgan fingerprint density at radius 2 is 1.70 bits per heavy atom. The summed E-state index contributed by atoms with van der Waals surface area (Å²) in [4.78, 5) is 29.6. The van der Waals surface area contributed by atoms with E-state index in [4.69, 9.17) is 0 Å². The van der Waals surface area contributed by atoms with Gasteiger partial charge in [-0.05, 0) is 62.2 Å². The largest absolute Gasteiger partial charge is 0.338 e. The molecule has 0 saturated carbocycles. The molecule has 0 atom stereocenters. The first kappa shape index (κ1) is 24.7. The average molecular weight is 470 g/mol. The molecule has 2 amide bonds. The van der Waals surface area contributed by atoms with Crippen LogP contribution >= 0.6 is 0 Å². The molecule has 2 aromatic rings. The first-order valence-electron chi connectivity index (χ1n) is 11.2. The summed E-state index contributed by atoms with van der Waals surface area (Å²) in [6.45, 7) is 3.94. The van der Waals surface area contributed by atoms with E-state index >= 15 is 0 Å². The first-order valence-corrected chi connectivity index (χ1v) is 12.7. The van der Waals surface area contributed by atoms with Crippen molar-refractivity contribution in [1.29, 1.82) is 0 Å². The second kappa shape index (κ2) is 11.2. The predicted octanol–water partition coefficient (Wildman–Crippen LogP) is 3.15. The van der Waals surface area contributed by atoms with Crippen molar-refractivity contribution >= 4 is 27.9 Å². The van der Waals surface area contributed by atoms with E-state index in [1.54, 1.807) is 24.3 Å². The van der Waals surface area contributed by atoms with Crippen LogP contribution < -0.4 is 4.72 Å². The van der Waals surface area contributed by atoms with Crippen LogP contribution in [0, 0.1) is 0 Å². The van der Waals surface area contributed by atoms with Gasteiger partial charge in [-0.25, -0.2) is 13.1 Å². The number of nitrogens with zero attached hydrogens (tertiary/aromatic N) is 2. The maximum atomic E-state index is 13.0. The van der Waals surface area contributed by atoms with E-state index in [9.17, 15) is 18.0 Å². The number of nitrogens with one attached hydrogen (secondary N) is 1. The molecule has 0 radical (unpaired) electrons. The van der Waals surface area contributed by atoms with Gasteiger partial charge < -0.3 is 9.80 Å². The third-order valence-corrected chi connectivity index (χ3v) is 7.27. The smallest absolute Gasteiger partial charge is 0.253 e. The number of rotatable bonds is 8. The van der Waals surface area contributed by atoms with E-state index in [-0.39, 0.29) is 22.8 Å². The highest BCUT2D eigenvalue weighted by Crippen LogP contribution is 2.20. The Labute approximate surface area is 196 Å². The quantitative estimate of drug-likeness (QED) is 0.602. The number of benzene rings is 2. The molecule has 1 N–H and O–H groups in total. The number of hydrogen-bond donors (Lipinski definition) is 1. The zero-order chi connectivity index (χ0) is 23.8. The SMILES string of the molecule is CCCN(C(=O)/C=C/c1ccc(S(=O)(=O)NC)cc1)C1CCN(C(=O)c2ccccc2)CC1. The van der Waals surface area contributed by atoms with Crippen LogP contribution in [0.2, 0.25) is 0 Å². The highest BCUT2D eigenvalue weighted by atomic mass is 32.2. The minimum atomic E-state index is -3.49. The van der Waals surface area contributed by atoms with Crippen molar-refractivity contribution in [1.82, 2.24) is 14.5 Å². The molecule has 0 bridgehead atoms. The second-order valence-electron chi connectivity index (χ2n) is 8.03. The van der Waals surface area contributed by atoms with Crippen LogP contribution in [0.3, 0.4) is 0 Å². The van der Waals surface area contributed by atoms with Crippen molar-refractivity contribution in [3.8, 4) is 0 Å². The monoisotopic (exact) mass is 469 g/mol. The number of sulfonamides is 1. The van der Waals surface area contributed by atoms with Gasteiger partial charge in [0.15, 0.2) is 0 Å². The van der Waals surface area contributed by atoms with E-state index in [1.165, 1.54) is 19.2 Å². The maximum Gasteiger partial charge on any atom is 0.253 e. The minimum absolute atomic E-state index is 0.0334. The molecule has 33 heavy (non-hydrogen) atoms. The molecule has 1 fully saturated rings. The second-order valence-corrected chi connectivity index (χ2v) is 9.92. The number of carbonyl (C=O) groups excluding carboxylic acids is 2. The van der Waals surface area contributed by atoms with Gasteiger partial charge in [-0.3, -0.25) is 9.59 Å². The lowest BCUT2D eigenvalue weighted by Crippen LogP contribution is -2.48. The van der Waals surface area contributed by atoms with Crippen molar-refractivity contribution in [2.24, 2.45) is 0 Å². The van der Waals surface area contributed by atoms with Gasteiger partial charge >= 0.3 is 0 Å². The molecular formula is C25H31N3O4S. The van der Waals surface area contributed by atoms with Crippen LogP contribution in [0.4, 0.5) is 0 Å². The Hall–Kier alpha value is -2.97. The van der Waals surface area contributed by atoms with Crippen molar-refractivity contribution in [2.45, 2.75) is 37.1 Å². The molecule has 0 aromatic heterocycles. The molecule has 0 spiro atoms. The van der Waals surface area contributed by atoms with Crippen LogP contribution in [0.25, 0.3) is 6.08 Å². The van der Waals surface area contributed by atoms with E-state index in [1.807, 2.05) is 47.1 Å². The summed E-state index contributed by atoms with van der Waals surface area (Å²) < 4.78 is 26.0. The molecule has 7 nitrogen and oxygen atoms in total. The lowest BCUT2D eigenvalue weighted by atomic mass is 10.0. The van der Waals surface area contributed by atoms with Crippen LogP contribution in [0.1, 0.15) is 42.1 Å². The Kier molecular flexibility index (Phi) is 8.41. The first-order chi connectivity index (χ1) is 15.9. The van der Waals surface area contributed by atoms with Crippen LogP contribution in [0.5, 0.6) is 0 Å². The fraction of sp³-hybridized carbons (Fsp3) is 0.360. The molecule has 1 saturated heterocycles. The number of amides is 2. The van der Waals surface area contributed by atoms with Gasteiger partial charge in [0.05, 0.1) is 4.90 Å². The maximum absolute atomic E-state index is 13.0. The van der Waals surface area contributed by atoms with Gasteiger partial charge in [0.25, 0.3) is 5.91 Å². The summed E-state index contributed by atoms with van der Waals surface area (Å²) in [6, 6.07) is 15.7. The third-order valence-electron chi connectivity index (χ3n) is 5.84. The highest BCUT2D eigenvalue weighted by Gasteiger charge is 2.28. The standard InChI is InChI=1S/C25H31N3O4S/c1-3-17-28(22-15-18-27(19-16-22)25(30)21-7-5-4-6-8-21)24(29)14-11-20-9-12-23(13-10-20)33(31,32)26-2/h4-14,22,26H,3,15-19H2,1-2H3/b14-11+. The molecule has 0 aliphatic carbocycles.